The molecule has 6 heteroatoms. The number of guanidine groups is 1. The quantitative estimate of drug-likeness (QED) is 0.343. The summed E-state index contributed by atoms with van der Waals surface area (Å²) in [5, 5.41) is 9.36. The van der Waals surface area contributed by atoms with Crippen molar-refractivity contribution in [3.8, 4) is 0 Å². The summed E-state index contributed by atoms with van der Waals surface area (Å²) in [6.45, 7) is 12.5. The molecule has 0 radical (unpaired) electrons. The molecular formula is C18H31IN4O. The minimum atomic E-state index is -0.491. The van der Waals surface area contributed by atoms with E-state index in [-0.39, 0.29) is 29.9 Å². The number of hydrogen-bond donors (Lipinski definition) is 3. The fourth-order valence-electron chi connectivity index (χ4n) is 2.08. The molecular weight excluding hydrogens is 415 g/mol. The summed E-state index contributed by atoms with van der Waals surface area (Å²) in [7, 11) is 0. The fraction of sp³-hybridized carbons (Fsp3) is 0.556. The molecule has 1 amide bonds. The number of nitrogens with one attached hydrogen (secondary N) is 3. The van der Waals surface area contributed by atoms with Gasteiger partial charge in [0.2, 0.25) is 5.91 Å². The zero-order valence-corrected chi connectivity index (χ0v) is 17.7. The number of rotatable bonds is 7. The highest BCUT2D eigenvalue weighted by atomic mass is 127. The molecule has 3 N–H and O–H groups in total. The number of aliphatic imine (C=N–C) groups is 1. The Morgan fingerprint density at radius 1 is 1.08 bits per heavy atom. The first-order valence-corrected chi connectivity index (χ1v) is 8.25. The Labute approximate surface area is 163 Å². The van der Waals surface area contributed by atoms with Gasteiger partial charge in [-0.1, -0.05) is 24.3 Å². The van der Waals surface area contributed by atoms with Crippen molar-refractivity contribution >= 4 is 35.8 Å². The number of hydrogen-bond acceptors (Lipinski definition) is 2. The van der Waals surface area contributed by atoms with Gasteiger partial charge >= 0.3 is 0 Å². The molecule has 0 aliphatic heterocycles. The number of nitrogens with zero attached hydrogens (tertiary/aromatic N) is 1. The molecule has 0 aliphatic carbocycles. The van der Waals surface area contributed by atoms with E-state index in [0.29, 0.717) is 19.6 Å². The minimum Gasteiger partial charge on any atom is -0.357 e. The summed E-state index contributed by atoms with van der Waals surface area (Å²) in [5.74, 6) is 0.773. The Morgan fingerprint density at radius 2 is 1.71 bits per heavy atom. The van der Waals surface area contributed by atoms with Gasteiger partial charge in [0.05, 0.1) is 12.0 Å². The molecule has 0 aliphatic rings. The summed E-state index contributed by atoms with van der Waals surface area (Å²) in [6, 6.07) is 8.22. The standard InChI is InChI=1S/C18H30N4O.HI/c1-6-19-16(23)18(4,5)13-22-17(20-7-2)21-12-15-11-9-8-10-14(15)3;/h8-11H,6-7,12-13H2,1-5H3,(H,19,23)(H2,20,21,22);1H. The minimum absolute atomic E-state index is 0. The lowest BCUT2D eigenvalue weighted by molar-refractivity contribution is -0.128. The van der Waals surface area contributed by atoms with E-state index in [1.807, 2.05) is 39.8 Å². The second-order valence-electron chi connectivity index (χ2n) is 6.22. The Hall–Kier alpha value is -1.31. The number of carbonyl (C=O) groups is 1. The van der Waals surface area contributed by atoms with E-state index in [1.165, 1.54) is 11.1 Å². The smallest absolute Gasteiger partial charge is 0.227 e. The lowest BCUT2D eigenvalue weighted by Crippen LogP contribution is -2.47. The summed E-state index contributed by atoms with van der Waals surface area (Å²) in [5.41, 5.74) is 1.94. The third-order valence-electron chi connectivity index (χ3n) is 3.66. The first kappa shape index (κ1) is 22.7. The third-order valence-corrected chi connectivity index (χ3v) is 3.66. The molecule has 0 fully saturated rings. The van der Waals surface area contributed by atoms with Gasteiger partial charge in [0.1, 0.15) is 0 Å². The molecule has 1 aromatic rings. The van der Waals surface area contributed by atoms with Crippen LogP contribution in [0.3, 0.4) is 0 Å². The zero-order chi connectivity index (χ0) is 17.3. The number of halogens is 1. The molecule has 0 unspecified atom stereocenters. The molecule has 1 rings (SSSR count). The molecule has 0 aromatic heterocycles. The maximum Gasteiger partial charge on any atom is 0.227 e. The van der Waals surface area contributed by atoms with Crippen LogP contribution in [0.5, 0.6) is 0 Å². The van der Waals surface area contributed by atoms with Crippen LogP contribution in [0.2, 0.25) is 0 Å². The van der Waals surface area contributed by atoms with Crippen molar-refractivity contribution in [2.45, 2.75) is 41.2 Å². The van der Waals surface area contributed by atoms with Crippen LogP contribution < -0.4 is 16.0 Å². The first-order valence-electron chi connectivity index (χ1n) is 8.25. The largest absolute Gasteiger partial charge is 0.357 e. The van der Waals surface area contributed by atoms with Crippen LogP contribution >= 0.6 is 24.0 Å². The van der Waals surface area contributed by atoms with Crippen molar-refractivity contribution < 1.29 is 4.79 Å². The van der Waals surface area contributed by atoms with Crippen molar-refractivity contribution in [2.24, 2.45) is 10.4 Å². The van der Waals surface area contributed by atoms with Crippen molar-refractivity contribution in [3.05, 3.63) is 35.4 Å². The average molecular weight is 446 g/mol. The molecule has 136 valence electrons. The lowest BCUT2D eigenvalue weighted by Gasteiger charge is -2.24. The van der Waals surface area contributed by atoms with Gasteiger partial charge < -0.3 is 16.0 Å². The summed E-state index contributed by atoms with van der Waals surface area (Å²) in [4.78, 5) is 16.7. The van der Waals surface area contributed by atoms with Gasteiger partial charge in [-0.3, -0.25) is 4.79 Å². The summed E-state index contributed by atoms with van der Waals surface area (Å²) >= 11 is 0. The van der Waals surface area contributed by atoms with Gasteiger partial charge in [0, 0.05) is 19.6 Å². The van der Waals surface area contributed by atoms with Gasteiger partial charge in [-0.25, -0.2) is 4.99 Å². The number of benzene rings is 1. The zero-order valence-electron chi connectivity index (χ0n) is 15.4. The van der Waals surface area contributed by atoms with Crippen LogP contribution in [0, 0.1) is 12.3 Å². The van der Waals surface area contributed by atoms with E-state index < -0.39 is 5.41 Å². The molecule has 24 heavy (non-hydrogen) atoms. The Kier molecular flexibility index (Phi) is 10.7. The van der Waals surface area contributed by atoms with Crippen LogP contribution in [0.4, 0.5) is 0 Å². The van der Waals surface area contributed by atoms with E-state index in [9.17, 15) is 4.79 Å². The van der Waals surface area contributed by atoms with Gasteiger partial charge in [-0.05, 0) is 45.7 Å². The third kappa shape index (κ3) is 7.51. The fourth-order valence-corrected chi connectivity index (χ4v) is 2.08. The lowest BCUT2D eigenvalue weighted by atomic mass is 9.92. The number of aryl methyl sites for hydroxylation is 1. The van der Waals surface area contributed by atoms with Crippen molar-refractivity contribution in [1.82, 2.24) is 16.0 Å². The SMILES string of the molecule is CCNC(=O)C(C)(C)CNC(=NCc1ccccc1C)NCC.I. The van der Waals surface area contributed by atoms with E-state index in [0.717, 1.165) is 12.5 Å². The first-order chi connectivity index (χ1) is 10.9. The normalized spacial score (nSPS) is 11.5. The number of carbonyl (C=O) groups excluding carboxylic acids is 1. The van der Waals surface area contributed by atoms with Crippen molar-refractivity contribution in [1.29, 1.82) is 0 Å². The molecule has 0 saturated heterocycles. The molecule has 0 heterocycles. The van der Waals surface area contributed by atoms with E-state index >= 15 is 0 Å². The van der Waals surface area contributed by atoms with Crippen LogP contribution in [-0.4, -0.2) is 31.5 Å². The van der Waals surface area contributed by atoms with Gasteiger partial charge in [0.25, 0.3) is 0 Å². The van der Waals surface area contributed by atoms with Gasteiger partial charge in [-0.15, -0.1) is 24.0 Å². The second-order valence-corrected chi connectivity index (χ2v) is 6.22. The van der Waals surface area contributed by atoms with Gasteiger partial charge in [-0.2, -0.15) is 0 Å². The van der Waals surface area contributed by atoms with Gasteiger partial charge in [0.15, 0.2) is 5.96 Å². The Morgan fingerprint density at radius 3 is 2.29 bits per heavy atom. The maximum atomic E-state index is 12.0. The van der Waals surface area contributed by atoms with Crippen LogP contribution in [0.15, 0.2) is 29.3 Å². The molecule has 1 aromatic carbocycles. The highest BCUT2D eigenvalue weighted by Gasteiger charge is 2.27. The summed E-state index contributed by atoms with van der Waals surface area (Å²) < 4.78 is 0. The molecule has 0 atom stereocenters. The van der Waals surface area contributed by atoms with Crippen LogP contribution in [0.1, 0.15) is 38.8 Å². The van der Waals surface area contributed by atoms with E-state index in [4.69, 9.17) is 0 Å². The van der Waals surface area contributed by atoms with Crippen LogP contribution in [-0.2, 0) is 11.3 Å². The second kappa shape index (κ2) is 11.3. The number of amides is 1. The monoisotopic (exact) mass is 446 g/mol. The van der Waals surface area contributed by atoms with Crippen molar-refractivity contribution in [2.75, 3.05) is 19.6 Å². The van der Waals surface area contributed by atoms with E-state index in [1.54, 1.807) is 0 Å². The Balaban J connectivity index is 0.00000529. The predicted octanol–water partition coefficient (Wildman–Crippen LogP) is 2.83. The summed E-state index contributed by atoms with van der Waals surface area (Å²) in [6.07, 6.45) is 0. The average Bonchev–Trinajstić information content (AvgIpc) is 2.51. The molecule has 5 nitrogen and oxygen atoms in total. The van der Waals surface area contributed by atoms with E-state index in [2.05, 4.69) is 40.0 Å². The highest BCUT2D eigenvalue weighted by Crippen LogP contribution is 2.13. The molecule has 0 spiro atoms. The maximum absolute atomic E-state index is 12.0. The molecule has 0 bridgehead atoms. The Bertz CT molecular complexity index is 544. The van der Waals surface area contributed by atoms with Crippen molar-refractivity contribution in [3.63, 3.8) is 0 Å². The van der Waals surface area contributed by atoms with Crippen LogP contribution in [0.25, 0.3) is 0 Å². The molecule has 0 saturated carbocycles. The highest BCUT2D eigenvalue weighted by molar-refractivity contribution is 14.0. The topological polar surface area (TPSA) is 65.5 Å². The predicted molar refractivity (Wildman–Crippen MR) is 112 cm³/mol.